The van der Waals surface area contributed by atoms with Gasteiger partial charge in [0.2, 0.25) is 0 Å². The number of rotatable bonds is 7. The molecule has 2 aromatic heterocycles. The van der Waals surface area contributed by atoms with Gasteiger partial charge < -0.3 is 19.4 Å². The van der Waals surface area contributed by atoms with Gasteiger partial charge in [-0.25, -0.2) is 15.0 Å². The zero-order valence-electron chi connectivity index (χ0n) is 25.4. The lowest BCUT2D eigenvalue weighted by molar-refractivity contribution is 0.433. The Morgan fingerprint density at radius 2 is 1.17 bits per heavy atom. The van der Waals surface area contributed by atoms with Gasteiger partial charge in [0, 0.05) is 39.2 Å². The van der Waals surface area contributed by atoms with E-state index in [1.807, 2.05) is 115 Å². The molecule has 0 amide bonds. The standard InChI is InChI=1S/C39H26BIN4O3/c41-33-23-32-31-16-7-8-17-34(31)45(35(32)24-36(33)46)29-15-9-12-27(22-29)39-43-37(25-10-3-1-4-11-25)42-38(44-39)26-18-20-30(21-19-26)48-40(47)28-13-5-2-6-14-28/h1-24,46-47H. The second-order valence-electron chi connectivity index (χ2n) is 11.3. The van der Waals surface area contributed by atoms with Crippen LogP contribution in [0.1, 0.15) is 0 Å². The van der Waals surface area contributed by atoms with Gasteiger partial charge in [0.1, 0.15) is 11.5 Å². The number of hydrogen-bond acceptors (Lipinski definition) is 6. The summed E-state index contributed by atoms with van der Waals surface area (Å²) in [5.74, 6) is 2.35. The number of aromatic hydroxyl groups is 1. The molecule has 6 aromatic carbocycles. The number of fused-ring (bicyclic) bond motifs is 3. The molecular weight excluding hydrogens is 710 g/mol. The summed E-state index contributed by atoms with van der Waals surface area (Å²) in [6, 6.07) is 46.6. The third kappa shape index (κ3) is 5.67. The Hall–Kier alpha value is -5.52. The number of benzene rings is 6. The lowest BCUT2D eigenvalue weighted by Crippen LogP contribution is -2.36. The summed E-state index contributed by atoms with van der Waals surface area (Å²) in [6.07, 6.45) is 0. The summed E-state index contributed by atoms with van der Waals surface area (Å²) in [6.45, 7) is 0. The fourth-order valence-electron chi connectivity index (χ4n) is 5.89. The molecule has 0 fully saturated rings. The second-order valence-corrected chi connectivity index (χ2v) is 12.5. The molecule has 2 N–H and O–H groups in total. The highest BCUT2D eigenvalue weighted by atomic mass is 127. The number of phenols is 1. The molecule has 0 atom stereocenters. The number of hydrogen-bond donors (Lipinski definition) is 2. The molecule has 0 saturated carbocycles. The topological polar surface area (TPSA) is 93.3 Å². The van der Waals surface area contributed by atoms with Gasteiger partial charge in [0.25, 0.3) is 0 Å². The van der Waals surface area contributed by atoms with Crippen molar-refractivity contribution >= 4 is 57.0 Å². The molecular formula is C39H26BIN4O3. The van der Waals surface area contributed by atoms with E-state index in [1.165, 1.54) is 0 Å². The van der Waals surface area contributed by atoms with Crippen LogP contribution in [0, 0.1) is 3.57 Å². The highest BCUT2D eigenvalue weighted by Crippen LogP contribution is 2.37. The highest BCUT2D eigenvalue weighted by molar-refractivity contribution is 14.1. The minimum atomic E-state index is -1.08. The van der Waals surface area contributed by atoms with Crippen LogP contribution < -0.4 is 10.1 Å². The third-order valence-corrected chi connectivity index (χ3v) is 9.08. The average Bonchev–Trinajstić information content (AvgIpc) is 3.45. The molecule has 0 bridgehead atoms. The Morgan fingerprint density at radius 3 is 1.90 bits per heavy atom. The van der Waals surface area contributed by atoms with Gasteiger partial charge in [0.15, 0.2) is 17.5 Å². The van der Waals surface area contributed by atoms with E-state index < -0.39 is 7.12 Å². The first-order valence-electron chi connectivity index (χ1n) is 15.4. The Morgan fingerprint density at radius 1 is 0.562 bits per heavy atom. The summed E-state index contributed by atoms with van der Waals surface area (Å²) in [5, 5.41) is 23.4. The van der Waals surface area contributed by atoms with Crippen LogP contribution in [0.3, 0.4) is 0 Å². The van der Waals surface area contributed by atoms with Crippen molar-refractivity contribution in [3.63, 3.8) is 0 Å². The molecule has 0 aliphatic heterocycles. The lowest BCUT2D eigenvalue weighted by Gasteiger charge is -2.12. The molecule has 0 spiro atoms. The van der Waals surface area contributed by atoms with Crippen molar-refractivity contribution in [1.29, 1.82) is 0 Å². The van der Waals surface area contributed by atoms with Crippen LogP contribution in [0.2, 0.25) is 0 Å². The van der Waals surface area contributed by atoms with Crippen LogP contribution >= 0.6 is 22.6 Å². The molecule has 7 nitrogen and oxygen atoms in total. The van der Waals surface area contributed by atoms with Crippen LogP contribution in [-0.4, -0.2) is 36.8 Å². The van der Waals surface area contributed by atoms with E-state index in [1.54, 1.807) is 12.1 Å². The maximum absolute atomic E-state index is 10.7. The van der Waals surface area contributed by atoms with Gasteiger partial charge in [-0.2, -0.15) is 0 Å². The molecule has 0 saturated heterocycles. The zero-order chi connectivity index (χ0) is 32.6. The molecule has 8 rings (SSSR count). The normalized spacial score (nSPS) is 11.2. The summed E-state index contributed by atoms with van der Waals surface area (Å²) < 4.78 is 8.75. The quantitative estimate of drug-likeness (QED) is 0.127. The van der Waals surface area contributed by atoms with E-state index in [-0.39, 0.29) is 5.75 Å². The van der Waals surface area contributed by atoms with E-state index in [4.69, 9.17) is 19.6 Å². The molecule has 230 valence electrons. The first kappa shape index (κ1) is 29.9. The van der Waals surface area contributed by atoms with Crippen LogP contribution in [0.4, 0.5) is 0 Å². The Balaban J connectivity index is 1.22. The van der Waals surface area contributed by atoms with Gasteiger partial charge >= 0.3 is 7.12 Å². The van der Waals surface area contributed by atoms with E-state index in [2.05, 4.69) is 45.4 Å². The fraction of sp³-hybridized carbons (Fsp3) is 0. The van der Waals surface area contributed by atoms with Crippen molar-refractivity contribution in [2.75, 3.05) is 0 Å². The third-order valence-electron chi connectivity index (χ3n) is 8.22. The number of aromatic nitrogens is 4. The van der Waals surface area contributed by atoms with Crippen LogP contribution in [0.5, 0.6) is 11.5 Å². The maximum atomic E-state index is 10.7. The number of phenolic OH excluding ortho intramolecular Hbond substituents is 1. The van der Waals surface area contributed by atoms with Crippen LogP contribution in [-0.2, 0) is 0 Å². The van der Waals surface area contributed by atoms with E-state index >= 15 is 0 Å². The number of halogens is 1. The summed E-state index contributed by atoms with van der Waals surface area (Å²) in [7, 11) is -1.08. The first-order chi connectivity index (χ1) is 23.5. The van der Waals surface area contributed by atoms with E-state index in [0.717, 1.165) is 47.8 Å². The van der Waals surface area contributed by atoms with Gasteiger partial charge in [0.05, 0.1) is 14.6 Å². The lowest BCUT2D eigenvalue weighted by atomic mass is 9.79. The Kier molecular flexibility index (Phi) is 7.83. The predicted molar refractivity (Wildman–Crippen MR) is 200 cm³/mol. The van der Waals surface area contributed by atoms with E-state index in [9.17, 15) is 10.1 Å². The molecule has 2 heterocycles. The smallest absolute Gasteiger partial charge is 0.532 e. The fourth-order valence-corrected chi connectivity index (χ4v) is 6.35. The molecule has 9 heteroatoms. The number of nitrogens with zero attached hydrogens (tertiary/aromatic N) is 4. The molecule has 0 unspecified atom stereocenters. The summed E-state index contributed by atoms with van der Waals surface area (Å²) in [5.41, 5.74) is 6.00. The molecule has 0 aliphatic carbocycles. The Labute approximate surface area is 290 Å². The highest BCUT2D eigenvalue weighted by Gasteiger charge is 2.19. The van der Waals surface area contributed by atoms with Crippen molar-refractivity contribution in [1.82, 2.24) is 19.5 Å². The second kappa shape index (κ2) is 12.6. The average molecular weight is 736 g/mol. The minimum absolute atomic E-state index is 0.240. The van der Waals surface area contributed by atoms with Gasteiger partial charge in [-0.1, -0.05) is 91.0 Å². The van der Waals surface area contributed by atoms with Gasteiger partial charge in [-0.3, -0.25) is 0 Å². The minimum Gasteiger partial charge on any atom is -0.532 e. The van der Waals surface area contributed by atoms with Gasteiger partial charge in [-0.15, -0.1) is 0 Å². The van der Waals surface area contributed by atoms with Crippen molar-refractivity contribution < 1.29 is 14.8 Å². The molecule has 48 heavy (non-hydrogen) atoms. The SMILES string of the molecule is OB(Oc1ccc(-c2nc(-c3ccccc3)nc(-c3cccc(-n4c5ccccc5c5cc(I)c(O)cc54)c3)n2)cc1)c1ccccc1. The molecule has 0 aliphatic rings. The molecule has 8 aromatic rings. The van der Waals surface area contributed by atoms with Crippen molar-refractivity contribution in [2.45, 2.75) is 0 Å². The summed E-state index contributed by atoms with van der Waals surface area (Å²) >= 11 is 2.17. The van der Waals surface area contributed by atoms with Crippen molar-refractivity contribution in [3.05, 3.63) is 149 Å². The predicted octanol–water partition coefficient (Wildman–Crippen LogP) is 8.05. The molecule has 0 radical (unpaired) electrons. The summed E-state index contributed by atoms with van der Waals surface area (Å²) in [4.78, 5) is 14.7. The van der Waals surface area contributed by atoms with Crippen LogP contribution in [0.15, 0.2) is 146 Å². The van der Waals surface area contributed by atoms with Gasteiger partial charge in [-0.05, 0) is 76.6 Å². The largest absolute Gasteiger partial charge is 0.560 e. The van der Waals surface area contributed by atoms with E-state index in [0.29, 0.717) is 28.7 Å². The monoisotopic (exact) mass is 736 g/mol. The van der Waals surface area contributed by atoms with Crippen molar-refractivity contribution in [3.8, 4) is 51.3 Å². The Bertz CT molecular complexity index is 2420. The maximum Gasteiger partial charge on any atom is 0.560 e. The number of para-hydroxylation sites is 1. The first-order valence-corrected chi connectivity index (χ1v) is 16.4. The van der Waals surface area contributed by atoms with Crippen molar-refractivity contribution in [2.24, 2.45) is 0 Å². The zero-order valence-corrected chi connectivity index (χ0v) is 27.6. The van der Waals surface area contributed by atoms with Crippen LogP contribution in [0.25, 0.3) is 61.7 Å².